The van der Waals surface area contributed by atoms with Crippen molar-refractivity contribution < 1.29 is 14.7 Å². The van der Waals surface area contributed by atoms with Crippen molar-refractivity contribution in [2.75, 3.05) is 0 Å². The van der Waals surface area contributed by atoms with Gasteiger partial charge in [0.25, 0.3) is 0 Å². The Kier molecular flexibility index (Phi) is 12.7. The lowest BCUT2D eigenvalue weighted by molar-refractivity contribution is -0.137. The fourth-order valence-electron chi connectivity index (χ4n) is 1.62. The third kappa shape index (κ3) is 14.4. The molecular formula is C17H26O3. The quantitative estimate of drug-likeness (QED) is 0.248. The minimum Gasteiger partial charge on any atom is -0.481 e. The van der Waals surface area contributed by atoms with E-state index >= 15 is 0 Å². The molecule has 0 aromatic rings. The van der Waals surface area contributed by atoms with Gasteiger partial charge in [-0.3, -0.25) is 9.59 Å². The van der Waals surface area contributed by atoms with Gasteiger partial charge in [0.05, 0.1) is 0 Å². The van der Waals surface area contributed by atoms with Gasteiger partial charge in [-0.05, 0) is 31.8 Å². The molecule has 0 aliphatic carbocycles. The molecule has 0 rings (SSSR count). The molecule has 3 nitrogen and oxygen atoms in total. The summed E-state index contributed by atoms with van der Waals surface area (Å²) in [6.07, 6.45) is 17.6. The van der Waals surface area contributed by atoms with Crippen LogP contribution in [0.15, 0.2) is 36.5 Å². The van der Waals surface area contributed by atoms with Crippen LogP contribution in [0.4, 0.5) is 0 Å². The summed E-state index contributed by atoms with van der Waals surface area (Å²) in [6.45, 7) is 2.12. The Bertz CT molecular complexity index is 351. The third-order valence-corrected chi connectivity index (χ3v) is 2.76. The zero-order chi connectivity index (χ0) is 15.1. The van der Waals surface area contributed by atoms with Crippen molar-refractivity contribution in [2.24, 2.45) is 0 Å². The van der Waals surface area contributed by atoms with E-state index in [1.165, 1.54) is 0 Å². The van der Waals surface area contributed by atoms with E-state index in [0.29, 0.717) is 12.8 Å². The van der Waals surface area contributed by atoms with E-state index in [0.717, 1.165) is 32.1 Å². The van der Waals surface area contributed by atoms with Crippen molar-refractivity contribution in [1.29, 1.82) is 0 Å². The molecule has 0 unspecified atom stereocenters. The molecule has 0 saturated carbocycles. The first-order valence-corrected chi connectivity index (χ1v) is 7.39. The molecule has 0 amide bonds. The van der Waals surface area contributed by atoms with Crippen LogP contribution in [0.3, 0.4) is 0 Å². The van der Waals surface area contributed by atoms with Crippen molar-refractivity contribution in [1.82, 2.24) is 0 Å². The predicted octanol–water partition coefficient (Wildman–Crippen LogP) is 4.45. The lowest BCUT2D eigenvalue weighted by Gasteiger charge is -1.92. The summed E-state index contributed by atoms with van der Waals surface area (Å²) in [7, 11) is 0. The number of carbonyl (C=O) groups is 2. The molecule has 0 bridgehead atoms. The van der Waals surface area contributed by atoms with E-state index in [4.69, 9.17) is 5.11 Å². The first-order valence-electron chi connectivity index (χ1n) is 7.39. The molecule has 0 spiro atoms. The van der Waals surface area contributed by atoms with Crippen molar-refractivity contribution in [3.63, 3.8) is 0 Å². The highest BCUT2D eigenvalue weighted by molar-refractivity contribution is 5.89. The van der Waals surface area contributed by atoms with Gasteiger partial charge in [0.2, 0.25) is 0 Å². The van der Waals surface area contributed by atoms with Gasteiger partial charge in [0, 0.05) is 12.8 Å². The summed E-state index contributed by atoms with van der Waals surface area (Å²) in [5.74, 6) is -0.556. The SMILES string of the molecule is CCCCCC(=O)/C=C/C=C/C/C=C\CCCC(=O)O. The zero-order valence-electron chi connectivity index (χ0n) is 12.4. The maximum absolute atomic E-state index is 11.4. The lowest BCUT2D eigenvalue weighted by Crippen LogP contribution is -1.92. The number of rotatable bonds is 12. The van der Waals surface area contributed by atoms with Gasteiger partial charge in [-0.25, -0.2) is 0 Å². The largest absolute Gasteiger partial charge is 0.481 e. The second-order valence-corrected chi connectivity index (χ2v) is 4.70. The Morgan fingerprint density at radius 1 is 0.950 bits per heavy atom. The fourth-order valence-corrected chi connectivity index (χ4v) is 1.62. The van der Waals surface area contributed by atoms with Crippen molar-refractivity contribution in [3.05, 3.63) is 36.5 Å². The molecular weight excluding hydrogens is 252 g/mol. The molecule has 112 valence electrons. The molecule has 20 heavy (non-hydrogen) atoms. The Balaban J connectivity index is 3.57. The Hall–Kier alpha value is -1.64. The van der Waals surface area contributed by atoms with Crippen LogP contribution in [0.5, 0.6) is 0 Å². The smallest absolute Gasteiger partial charge is 0.303 e. The molecule has 1 N–H and O–H groups in total. The third-order valence-electron chi connectivity index (χ3n) is 2.76. The van der Waals surface area contributed by atoms with Crippen LogP contribution in [0.2, 0.25) is 0 Å². The number of hydrogen-bond donors (Lipinski definition) is 1. The first-order chi connectivity index (χ1) is 9.66. The Labute approximate surface area is 122 Å². The zero-order valence-corrected chi connectivity index (χ0v) is 12.4. The second-order valence-electron chi connectivity index (χ2n) is 4.70. The molecule has 0 aliphatic heterocycles. The highest BCUT2D eigenvalue weighted by Crippen LogP contribution is 2.01. The molecule has 3 heteroatoms. The number of aliphatic carboxylic acids is 1. The van der Waals surface area contributed by atoms with Crippen LogP contribution in [0.25, 0.3) is 0 Å². The number of allylic oxidation sites excluding steroid dienone is 6. The Morgan fingerprint density at radius 2 is 1.75 bits per heavy atom. The van der Waals surface area contributed by atoms with E-state index < -0.39 is 5.97 Å². The summed E-state index contributed by atoms with van der Waals surface area (Å²) in [4.78, 5) is 21.7. The van der Waals surface area contributed by atoms with E-state index in [9.17, 15) is 9.59 Å². The molecule has 0 saturated heterocycles. The van der Waals surface area contributed by atoms with Gasteiger partial charge in [-0.2, -0.15) is 0 Å². The van der Waals surface area contributed by atoms with Gasteiger partial charge in [-0.15, -0.1) is 0 Å². The monoisotopic (exact) mass is 278 g/mol. The topological polar surface area (TPSA) is 54.4 Å². The number of carbonyl (C=O) groups excluding carboxylic acids is 1. The van der Waals surface area contributed by atoms with E-state index in [1.54, 1.807) is 12.2 Å². The Morgan fingerprint density at radius 3 is 2.45 bits per heavy atom. The number of ketones is 1. The van der Waals surface area contributed by atoms with E-state index in [-0.39, 0.29) is 12.2 Å². The number of carboxylic acids is 1. The van der Waals surface area contributed by atoms with Crippen molar-refractivity contribution in [3.8, 4) is 0 Å². The fraction of sp³-hybridized carbons (Fsp3) is 0.529. The van der Waals surface area contributed by atoms with Crippen LogP contribution in [0.1, 0.15) is 58.3 Å². The van der Waals surface area contributed by atoms with Crippen molar-refractivity contribution in [2.45, 2.75) is 58.3 Å². The van der Waals surface area contributed by atoms with E-state index in [1.807, 2.05) is 24.3 Å². The summed E-state index contributed by atoms with van der Waals surface area (Å²) < 4.78 is 0. The van der Waals surface area contributed by atoms with Crippen LogP contribution in [-0.2, 0) is 9.59 Å². The van der Waals surface area contributed by atoms with Crippen LogP contribution < -0.4 is 0 Å². The van der Waals surface area contributed by atoms with E-state index in [2.05, 4.69) is 6.92 Å². The second kappa shape index (κ2) is 13.8. The van der Waals surface area contributed by atoms with Gasteiger partial charge < -0.3 is 5.11 Å². The van der Waals surface area contributed by atoms with Gasteiger partial charge >= 0.3 is 5.97 Å². The predicted molar refractivity (Wildman–Crippen MR) is 82.7 cm³/mol. The minimum absolute atomic E-state index is 0.187. The van der Waals surface area contributed by atoms with Crippen molar-refractivity contribution >= 4 is 11.8 Å². The molecule has 0 fully saturated rings. The standard InChI is InChI=1S/C17H26O3/c1-2-3-10-13-16(18)14-11-8-6-4-5-7-9-12-15-17(19)20/h5-8,11,14H,2-4,9-10,12-13,15H2,1H3,(H,19,20)/b7-5-,8-6+,14-11+. The molecule has 0 atom stereocenters. The maximum Gasteiger partial charge on any atom is 0.303 e. The lowest BCUT2D eigenvalue weighted by atomic mass is 10.1. The van der Waals surface area contributed by atoms with Crippen LogP contribution in [-0.4, -0.2) is 16.9 Å². The maximum atomic E-state index is 11.4. The molecule has 0 aromatic carbocycles. The first kappa shape index (κ1) is 18.4. The van der Waals surface area contributed by atoms with Crippen LogP contribution in [0, 0.1) is 0 Å². The number of carboxylic acid groups (broad SMARTS) is 1. The molecule has 0 aliphatic rings. The average Bonchev–Trinajstić information content (AvgIpc) is 2.41. The normalized spacial score (nSPS) is 11.8. The number of unbranched alkanes of at least 4 members (excludes halogenated alkanes) is 3. The summed E-state index contributed by atoms with van der Waals surface area (Å²) in [5, 5.41) is 8.46. The minimum atomic E-state index is -0.743. The van der Waals surface area contributed by atoms with Gasteiger partial charge in [0.15, 0.2) is 5.78 Å². The summed E-state index contributed by atoms with van der Waals surface area (Å²) >= 11 is 0. The van der Waals surface area contributed by atoms with Crippen LogP contribution >= 0.6 is 0 Å². The highest BCUT2D eigenvalue weighted by atomic mass is 16.4. The molecule has 0 radical (unpaired) electrons. The van der Waals surface area contributed by atoms with Gasteiger partial charge in [-0.1, -0.05) is 50.1 Å². The molecule has 0 heterocycles. The highest BCUT2D eigenvalue weighted by Gasteiger charge is 1.94. The summed E-state index contributed by atoms with van der Waals surface area (Å²) in [5.41, 5.74) is 0. The molecule has 0 aromatic heterocycles. The van der Waals surface area contributed by atoms with Gasteiger partial charge in [0.1, 0.15) is 0 Å². The average molecular weight is 278 g/mol. The summed E-state index contributed by atoms with van der Waals surface area (Å²) in [6, 6.07) is 0. The number of hydrogen-bond acceptors (Lipinski definition) is 2.